The summed E-state index contributed by atoms with van der Waals surface area (Å²) >= 11 is 0. The Kier molecular flexibility index (Phi) is 2.53. The standard InChI is InChI=1S/C15H11BF3NO2/c17-15(18,19)8-1-2-9-10(5-8)22-11-6-14(3-4-14)13(21)16(7-20)12(9)11/h1-2,5,11-12H,3-4,6H2. The summed E-state index contributed by atoms with van der Waals surface area (Å²) in [4.78, 5) is 12.5. The molecule has 1 aromatic rings. The molecule has 2 fully saturated rings. The van der Waals surface area contributed by atoms with E-state index in [1.165, 1.54) is 6.07 Å². The predicted molar refractivity (Wildman–Crippen MR) is 71.3 cm³/mol. The highest BCUT2D eigenvalue weighted by atomic mass is 19.4. The van der Waals surface area contributed by atoms with Gasteiger partial charge in [0.1, 0.15) is 17.5 Å². The number of rotatable bonds is 0. The molecule has 0 amide bonds. The lowest BCUT2D eigenvalue weighted by atomic mass is 9.32. The smallest absolute Gasteiger partial charge is 0.416 e. The first kappa shape index (κ1) is 13.7. The number of carbonyl (C=O) groups excluding carboxylic acids is 1. The molecule has 1 spiro atoms. The summed E-state index contributed by atoms with van der Waals surface area (Å²) in [6.07, 6.45) is -2.80. The van der Waals surface area contributed by atoms with Gasteiger partial charge in [0, 0.05) is 17.2 Å². The van der Waals surface area contributed by atoms with Crippen molar-refractivity contribution in [2.75, 3.05) is 0 Å². The first-order chi connectivity index (χ1) is 10.4. The molecular formula is C15H11BF3NO2. The van der Waals surface area contributed by atoms with Crippen LogP contribution in [-0.2, 0) is 11.0 Å². The topological polar surface area (TPSA) is 50.1 Å². The monoisotopic (exact) mass is 305 g/mol. The lowest BCUT2D eigenvalue weighted by Crippen LogP contribution is -2.49. The Morgan fingerprint density at radius 2 is 2.09 bits per heavy atom. The third-order valence-electron chi connectivity index (χ3n) is 5.13. The van der Waals surface area contributed by atoms with Crippen molar-refractivity contribution >= 4 is 12.4 Å². The maximum absolute atomic E-state index is 12.8. The molecule has 0 bridgehead atoms. The average molecular weight is 305 g/mol. The number of carbonyl (C=O) groups is 1. The largest absolute Gasteiger partial charge is 0.490 e. The van der Waals surface area contributed by atoms with Gasteiger partial charge in [0.25, 0.3) is 0 Å². The van der Waals surface area contributed by atoms with Crippen molar-refractivity contribution in [3.05, 3.63) is 29.3 Å². The SMILES string of the molecule is N#CB1C(=O)C2(CC2)CC2Oc3cc(C(F)(F)F)ccc3C12. The minimum absolute atomic E-state index is 0.0624. The lowest BCUT2D eigenvalue weighted by molar-refractivity contribution is -0.137. The zero-order valence-corrected chi connectivity index (χ0v) is 11.5. The van der Waals surface area contributed by atoms with Crippen LogP contribution in [0.4, 0.5) is 13.2 Å². The van der Waals surface area contributed by atoms with Gasteiger partial charge in [0.05, 0.1) is 5.56 Å². The molecule has 112 valence electrons. The van der Waals surface area contributed by atoms with Crippen molar-refractivity contribution in [1.29, 1.82) is 5.26 Å². The second kappa shape index (κ2) is 4.06. The van der Waals surface area contributed by atoms with Crippen molar-refractivity contribution in [3.8, 4) is 11.7 Å². The van der Waals surface area contributed by atoms with Crippen molar-refractivity contribution in [3.63, 3.8) is 0 Å². The summed E-state index contributed by atoms with van der Waals surface area (Å²) in [5.74, 6) is 1.77. The van der Waals surface area contributed by atoms with E-state index in [4.69, 9.17) is 4.74 Å². The number of hydrogen-bond donors (Lipinski definition) is 0. The van der Waals surface area contributed by atoms with Crippen LogP contribution in [-0.4, -0.2) is 18.5 Å². The first-order valence-electron chi connectivity index (χ1n) is 7.17. The summed E-state index contributed by atoms with van der Waals surface area (Å²) in [5, 5.41) is 9.37. The van der Waals surface area contributed by atoms with Crippen LogP contribution in [0.1, 0.15) is 36.2 Å². The second-order valence-electron chi connectivity index (χ2n) is 6.39. The van der Waals surface area contributed by atoms with Crippen molar-refractivity contribution in [1.82, 2.24) is 0 Å². The Hall–Kier alpha value is -1.97. The molecule has 22 heavy (non-hydrogen) atoms. The van der Waals surface area contributed by atoms with Gasteiger partial charge < -0.3 is 9.53 Å². The molecule has 3 aliphatic rings. The van der Waals surface area contributed by atoms with Crippen molar-refractivity contribution in [2.45, 2.75) is 37.4 Å². The number of alkyl halides is 3. The van der Waals surface area contributed by atoms with Crippen LogP contribution in [0.3, 0.4) is 0 Å². The Morgan fingerprint density at radius 3 is 2.68 bits per heavy atom. The maximum Gasteiger partial charge on any atom is 0.416 e. The highest BCUT2D eigenvalue weighted by Gasteiger charge is 2.63. The molecule has 1 aliphatic carbocycles. The van der Waals surface area contributed by atoms with Gasteiger partial charge in [-0.25, -0.2) is 5.26 Å². The average Bonchev–Trinajstić information content (AvgIpc) is 3.13. The van der Waals surface area contributed by atoms with Crippen molar-refractivity contribution in [2.24, 2.45) is 5.41 Å². The summed E-state index contributed by atoms with van der Waals surface area (Å²) in [7, 11) is 0. The van der Waals surface area contributed by atoms with Gasteiger partial charge in [-0.05, 0) is 37.0 Å². The normalized spacial score (nSPS) is 27.9. The van der Waals surface area contributed by atoms with Crippen LogP contribution in [0.2, 0.25) is 0 Å². The molecule has 0 radical (unpaired) electrons. The summed E-state index contributed by atoms with van der Waals surface area (Å²) in [6, 6.07) is 3.32. The quantitative estimate of drug-likeness (QED) is 0.692. The van der Waals surface area contributed by atoms with E-state index in [9.17, 15) is 23.2 Å². The molecule has 0 aromatic heterocycles. The Bertz CT molecular complexity index is 720. The van der Waals surface area contributed by atoms with Crippen LogP contribution in [0.5, 0.6) is 5.75 Å². The molecule has 3 nitrogen and oxygen atoms in total. The van der Waals surface area contributed by atoms with Crippen LogP contribution in [0, 0.1) is 16.6 Å². The van der Waals surface area contributed by atoms with Gasteiger partial charge in [-0.2, -0.15) is 13.2 Å². The molecule has 1 saturated heterocycles. The van der Waals surface area contributed by atoms with Crippen LogP contribution < -0.4 is 4.74 Å². The van der Waals surface area contributed by atoms with E-state index in [1.807, 2.05) is 0 Å². The molecule has 2 unspecified atom stereocenters. The van der Waals surface area contributed by atoms with E-state index in [0.717, 1.165) is 25.0 Å². The fourth-order valence-corrected chi connectivity index (χ4v) is 3.81. The third-order valence-corrected chi connectivity index (χ3v) is 5.13. The molecule has 1 saturated carbocycles. The number of benzene rings is 1. The zero-order valence-electron chi connectivity index (χ0n) is 11.5. The Balaban J connectivity index is 1.76. The predicted octanol–water partition coefficient (Wildman–Crippen LogP) is 2.94. The van der Waals surface area contributed by atoms with Gasteiger partial charge in [-0.1, -0.05) is 6.07 Å². The van der Waals surface area contributed by atoms with Gasteiger partial charge in [0.2, 0.25) is 0 Å². The second-order valence-corrected chi connectivity index (χ2v) is 6.39. The maximum atomic E-state index is 12.8. The van der Waals surface area contributed by atoms with E-state index >= 15 is 0 Å². The molecule has 2 heterocycles. The molecule has 2 atom stereocenters. The molecule has 7 heteroatoms. The van der Waals surface area contributed by atoms with Gasteiger partial charge >= 0.3 is 12.9 Å². The highest BCUT2D eigenvalue weighted by molar-refractivity contribution is 6.97. The Morgan fingerprint density at radius 1 is 1.36 bits per heavy atom. The number of halogens is 3. The van der Waals surface area contributed by atoms with Crippen LogP contribution in [0.25, 0.3) is 0 Å². The lowest BCUT2D eigenvalue weighted by Gasteiger charge is -2.31. The van der Waals surface area contributed by atoms with E-state index in [2.05, 4.69) is 5.97 Å². The number of nitrogens with zero attached hydrogens (tertiary/aromatic N) is 1. The van der Waals surface area contributed by atoms with Gasteiger partial charge in [-0.3, -0.25) is 0 Å². The highest BCUT2D eigenvalue weighted by Crippen LogP contribution is 2.59. The molecule has 1 aromatic carbocycles. The fourth-order valence-electron chi connectivity index (χ4n) is 3.81. The molecular weight excluding hydrogens is 294 g/mol. The minimum Gasteiger partial charge on any atom is -0.490 e. The van der Waals surface area contributed by atoms with Crippen molar-refractivity contribution < 1.29 is 22.7 Å². The number of ether oxygens (including phenoxy) is 1. The van der Waals surface area contributed by atoms with E-state index < -0.39 is 29.7 Å². The van der Waals surface area contributed by atoms with E-state index in [0.29, 0.717) is 12.0 Å². The van der Waals surface area contributed by atoms with Crippen LogP contribution >= 0.6 is 0 Å². The molecule has 4 rings (SSSR count). The molecule has 0 N–H and O–H groups in total. The summed E-state index contributed by atoms with van der Waals surface area (Å²) < 4.78 is 44.1. The zero-order chi connectivity index (χ0) is 15.7. The summed E-state index contributed by atoms with van der Waals surface area (Å²) in [6.45, 7) is -0.820. The fraction of sp³-hybridized carbons (Fsp3) is 0.467. The van der Waals surface area contributed by atoms with E-state index in [1.54, 1.807) is 0 Å². The summed E-state index contributed by atoms with van der Waals surface area (Å²) in [5.41, 5.74) is -0.747. The number of nitriles is 1. The van der Waals surface area contributed by atoms with Crippen LogP contribution in [0.15, 0.2) is 18.2 Å². The van der Waals surface area contributed by atoms with Gasteiger partial charge in [-0.15, -0.1) is 0 Å². The van der Waals surface area contributed by atoms with Gasteiger partial charge in [0.15, 0.2) is 0 Å². The number of fused-ring (bicyclic) bond motifs is 3. The third kappa shape index (κ3) is 1.73. The number of hydrogen-bond acceptors (Lipinski definition) is 3. The molecule has 2 aliphatic heterocycles. The first-order valence-corrected chi connectivity index (χ1v) is 7.17. The minimum atomic E-state index is -4.44. The Labute approximate surface area is 125 Å². The van der Waals surface area contributed by atoms with E-state index in [-0.39, 0.29) is 17.5 Å².